The predicted molar refractivity (Wildman–Crippen MR) is 85.9 cm³/mol. The van der Waals surface area contributed by atoms with Crippen molar-refractivity contribution in [1.82, 2.24) is 19.7 Å². The molecule has 3 heterocycles. The Bertz CT molecular complexity index is 893. The van der Waals surface area contributed by atoms with Crippen LogP contribution >= 0.6 is 0 Å². The van der Waals surface area contributed by atoms with Crippen molar-refractivity contribution in [2.24, 2.45) is 7.05 Å². The lowest BCUT2D eigenvalue weighted by atomic mass is 10.0. The number of hydrogen-bond donors (Lipinski definition) is 2. The van der Waals surface area contributed by atoms with Gasteiger partial charge in [0.2, 0.25) is 0 Å². The number of H-pyrrole nitrogens is 1. The van der Waals surface area contributed by atoms with Crippen molar-refractivity contribution in [3.8, 4) is 0 Å². The van der Waals surface area contributed by atoms with E-state index < -0.39 is 0 Å². The van der Waals surface area contributed by atoms with Crippen LogP contribution in [0.15, 0.2) is 30.5 Å². The fourth-order valence-corrected chi connectivity index (χ4v) is 3.34. The minimum Gasteiger partial charge on any atom is -0.390 e. The van der Waals surface area contributed by atoms with Crippen LogP contribution in [0.1, 0.15) is 27.3 Å². The Morgan fingerprint density at radius 2 is 2.26 bits per heavy atom. The third kappa shape index (κ3) is 2.22. The highest BCUT2D eigenvalue weighted by atomic mass is 16.3. The second-order valence-electron chi connectivity index (χ2n) is 5.91. The highest BCUT2D eigenvalue weighted by Gasteiger charge is 2.27. The van der Waals surface area contributed by atoms with Crippen LogP contribution in [0.4, 0.5) is 0 Å². The third-order valence-corrected chi connectivity index (χ3v) is 4.56. The van der Waals surface area contributed by atoms with Gasteiger partial charge in [-0.05, 0) is 24.3 Å². The van der Waals surface area contributed by atoms with Gasteiger partial charge in [-0.1, -0.05) is 0 Å². The maximum atomic E-state index is 12.8. The molecule has 4 rings (SSSR count). The molecule has 6 heteroatoms. The first-order chi connectivity index (χ1) is 11.2. The number of aliphatic hydroxyl groups excluding tert-OH is 1. The first-order valence-corrected chi connectivity index (χ1v) is 7.68. The third-order valence-electron chi connectivity index (χ3n) is 4.56. The van der Waals surface area contributed by atoms with Crippen molar-refractivity contribution in [3.63, 3.8) is 0 Å². The van der Waals surface area contributed by atoms with Crippen LogP contribution in [0.5, 0.6) is 0 Å². The van der Waals surface area contributed by atoms with Gasteiger partial charge in [-0.3, -0.25) is 9.48 Å². The Hall–Kier alpha value is -2.60. The molecule has 6 nitrogen and oxygen atoms in total. The Balaban J connectivity index is 1.64. The molecular formula is C17H18N4O2. The largest absolute Gasteiger partial charge is 0.390 e. The first-order valence-electron chi connectivity index (χ1n) is 7.68. The lowest BCUT2D eigenvalue weighted by Gasteiger charge is -2.27. The maximum absolute atomic E-state index is 12.8. The number of carbonyl (C=O) groups is 1. The molecule has 0 aliphatic carbocycles. The van der Waals surface area contributed by atoms with Crippen LogP contribution < -0.4 is 0 Å². The molecule has 2 aromatic heterocycles. The van der Waals surface area contributed by atoms with Crippen molar-refractivity contribution >= 4 is 16.8 Å². The summed E-state index contributed by atoms with van der Waals surface area (Å²) in [5.74, 6) is 0.0199. The number of rotatable bonds is 2. The van der Waals surface area contributed by atoms with Crippen LogP contribution in [0, 0.1) is 0 Å². The van der Waals surface area contributed by atoms with Gasteiger partial charge in [0, 0.05) is 60.5 Å². The van der Waals surface area contributed by atoms with E-state index in [1.54, 1.807) is 0 Å². The van der Waals surface area contributed by atoms with E-state index in [-0.39, 0.29) is 12.5 Å². The topological polar surface area (TPSA) is 74.2 Å². The molecule has 23 heavy (non-hydrogen) atoms. The number of nitrogens with zero attached hydrogens (tertiary/aromatic N) is 3. The molecular weight excluding hydrogens is 292 g/mol. The molecule has 0 radical (unpaired) electrons. The average Bonchev–Trinajstić information content (AvgIpc) is 3.17. The molecule has 0 atom stereocenters. The van der Waals surface area contributed by atoms with Crippen molar-refractivity contribution in [2.75, 3.05) is 6.54 Å². The van der Waals surface area contributed by atoms with E-state index in [9.17, 15) is 9.90 Å². The molecule has 0 bridgehead atoms. The number of fused-ring (bicyclic) bond motifs is 2. The summed E-state index contributed by atoms with van der Waals surface area (Å²) in [5.41, 5.74) is 4.48. The summed E-state index contributed by atoms with van der Waals surface area (Å²) in [6, 6.07) is 7.67. The highest BCUT2D eigenvalue weighted by molar-refractivity contribution is 5.98. The highest BCUT2D eigenvalue weighted by Crippen LogP contribution is 2.24. The van der Waals surface area contributed by atoms with Crippen LogP contribution in [0.25, 0.3) is 10.9 Å². The number of aromatic nitrogens is 3. The van der Waals surface area contributed by atoms with Crippen LogP contribution in [-0.2, 0) is 26.6 Å². The molecule has 1 amide bonds. The summed E-state index contributed by atoms with van der Waals surface area (Å²) in [4.78, 5) is 17.8. The molecule has 0 unspecified atom stereocenters. The molecule has 3 aromatic rings. The van der Waals surface area contributed by atoms with Gasteiger partial charge >= 0.3 is 0 Å². The Kier molecular flexibility index (Phi) is 3.20. The normalized spacial score (nSPS) is 14.3. The van der Waals surface area contributed by atoms with Gasteiger partial charge in [0.25, 0.3) is 5.91 Å². The van der Waals surface area contributed by atoms with Crippen molar-refractivity contribution < 1.29 is 9.90 Å². The van der Waals surface area contributed by atoms with Gasteiger partial charge in [-0.15, -0.1) is 0 Å². The zero-order valence-corrected chi connectivity index (χ0v) is 12.9. The molecule has 2 N–H and O–H groups in total. The van der Waals surface area contributed by atoms with Gasteiger partial charge in [0.1, 0.15) is 0 Å². The number of amides is 1. The van der Waals surface area contributed by atoms with Gasteiger partial charge in [-0.2, -0.15) is 5.10 Å². The van der Waals surface area contributed by atoms with Gasteiger partial charge in [0.05, 0.1) is 12.3 Å². The Morgan fingerprint density at radius 1 is 1.39 bits per heavy atom. The van der Waals surface area contributed by atoms with E-state index in [4.69, 9.17) is 0 Å². The van der Waals surface area contributed by atoms with E-state index in [0.29, 0.717) is 24.3 Å². The number of nitrogens with one attached hydrogen (secondary N) is 1. The fourth-order valence-electron chi connectivity index (χ4n) is 3.34. The van der Waals surface area contributed by atoms with E-state index in [0.717, 1.165) is 28.6 Å². The van der Waals surface area contributed by atoms with E-state index in [2.05, 4.69) is 10.1 Å². The minimum absolute atomic E-state index is 0.0199. The van der Waals surface area contributed by atoms with Crippen molar-refractivity contribution in [3.05, 3.63) is 53.0 Å². The number of benzene rings is 1. The van der Waals surface area contributed by atoms with Gasteiger partial charge in [-0.25, -0.2) is 0 Å². The SMILES string of the molecule is Cn1nc(CO)c2c1CCN(C(=O)c1ccc3[nH]ccc3c1)C2. The smallest absolute Gasteiger partial charge is 0.254 e. The Morgan fingerprint density at radius 3 is 3.09 bits per heavy atom. The zero-order valence-electron chi connectivity index (χ0n) is 12.9. The lowest BCUT2D eigenvalue weighted by molar-refractivity contribution is 0.0732. The summed E-state index contributed by atoms with van der Waals surface area (Å²) in [6.07, 6.45) is 2.63. The monoisotopic (exact) mass is 310 g/mol. The van der Waals surface area contributed by atoms with Crippen molar-refractivity contribution in [1.29, 1.82) is 0 Å². The molecule has 0 spiro atoms. The van der Waals surface area contributed by atoms with E-state index in [1.807, 2.05) is 47.1 Å². The lowest BCUT2D eigenvalue weighted by Crippen LogP contribution is -2.36. The van der Waals surface area contributed by atoms with E-state index >= 15 is 0 Å². The molecule has 0 saturated carbocycles. The molecule has 118 valence electrons. The minimum atomic E-state index is -0.0967. The first kappa shape index (κ1) is 14.0. The molecule has 1 aliphatic heterocycles. The Labute approximate surface area is 133 Å². The van der Waals surface area contributed by atoms with E-state index in [1.165, 1.54) is 0 Å². The summed E-state index contributed by atoms with van der Waals surface area (Å²) in [6.45, 7) is 1.07. The second kappa shape index (κ2) is 5.24. The number of aromatic amines is 1. The molecule has 0 saturated heterocycles. The number of hydrogen-bond acceptors (Lipinski definition) is 3. The fraction of sp³-hybridized carbons (Fsp3) is 0.294. The zero-order chi connectivity index (χ0) is 16.0. The average molecular weight is 310 g/mol. The number of aryl methyl sites for hydroxylation is 1. The molecule has 1 aromatic carbocycles. The van der Waals surface area contributed by atoms with Crippen molar-refractivity contribution in [2.45, 2.75) is 19.6 Å². The number of carbonyl (C=O) groups excluding carboxylic acids is 1. The van der Waals surface area contributed by atoms with Crippen LogP contribution in [0.2, 0.25) is 0 Å². The quantitative estimate of drug-likeness (QED) is 0.755. The predicted octanol–water partition coefficient (Wildman–Crippen LogP) is 1.59. The number of aliphatic hydroxyl groups is 1. The maximum Gasteiger partial charge on any atom is 0.254 e. The van der Waals surface area contributed by atoms with Crippen LogP contribution in [0.3, 0.4) is 0 Å². The molecule has 0 fully saturated rings. The summed E-state index contributed by atoms with van der Waals surface area (Å²) >= 11 is 0. The summed E-state index contributed by atoms with van der Waals surface area (Å²) < 4.78 is 1.81. The van der Waals surface area contributed by atoms with Crippen LogP contribution in [-0.4, -0.2) is 37.2 Å². The second-order valence-corrected chi connectivity index (χ2v) is 5.91. The van der Waals surface area contributed by atoms with Gasteiger partial charge in [0.15, 0.2) is 0 Å². The standard InChI is InChI=1S/C17H18N4O2/c1-20-16-5-7-21(9-13(16)15(10-22)19-20)17(23)12-2-3-14-11(8-12)4-6-18-14/h2-4,6,8,18,22H,5,7,9-10H2,1H3. The summed E-state index contributed by atoms with van der Waals surface area (Å²) in [7, 11) is 1.88. The molecule has 1 aliphatic rings. The van der Waals surface area contributed by atoms with Gasteiger partial charge < -0.3 is 15.0 Å². The summed E-state index contributed by atoms with van der Waals surface area (Å²) in [5, 5.41) is 14.8.